The van der Waals surface area contributed by atoms with Gasteiger partial charge in [-0.25, -0.2) is 0 Å². The molecule has 2 amide bonds. The Morgan fingerprint density at radius 3 is 1.96 bits per heavy atom. The van der Waals surface area contributed by atoms with E-state index in [-0.39, 0.29) is 11.9 Å². The summed E-state index contributed by atoms with van der Waals surface area (Å²) in [5.41, 5.74) is -0.741. The van der Waals surface area contributed by atoms with Gasteiger partial charge in [0.15, 0.2) is 11.5 Å². The number of carbonyl (C=O) groups excluding carboxylic acids is 2. The van der Waals surface area contributed by atoms with Crippen molar-refractivity contribution < 1.29 is 23.8 Å². The van der Waals surface area contributed by atoms with Crippen LogP contribution >= 0.6 is 0 Å². The zero-order valence-electron chi connectivity index (χ0n) is 16.1. The van der Waals surface area contributed by atoms with Crippen molar-refractivity contribution in [3.63, 3.8) is 0 Å². The number of benzene rings is 1. The first-order valence-electron chi connectivity index (χ1n) is 8.76. The molecule has 2 N–H and O–H groups in total. The van der Waals surface area contributed by atoms with Crippen LogP contribution in [0.4, 0.5) is 5.69 Å². The first kappa shape index (κ1) is 19.9. The van der Waals surface area contributed by atoms with E-state index in [1.165, 1.54) is 21.3 Å². The third-order valence-electron chi connectivity index (χ3n) is 4.75. The van der Waals surface area contributed by atoms with Crippen molar-refractivity contribution in [1.82, 2.24) is 5.32 Å². The van der Waals surface area contributed by atoms with Crippen LogP contribution in [0.2, 0.25) is 0 Å². The second-order valence-corrected chi connectivity index (χ2v) is 6.95. The highest BCUT2D eigenvalue weighted by atomic mass is 16.5. The van der Waals surface area contributed by atoms with Gasteiger partial charge in [0.2, 0.25) is 17.6 Å². The summed E-state index contributed by atoms with van der Waals surface area (Å²) < 4.78 is 15.8. The number of nitrogens with one attached hydrogen (secondary N) is 2. The summed E-state index contributed by atoms with van der Waals surface area (Å²) in [5.74, 6) is 0.619. The molecule has 0 radical (unpaired) electrons. The summed E-state index contributed by atoms with van der Waals surface area (Å²) >= 11 is 0. The van der Waals surface area contributed by atoms with E-state index in [0.717, 1.165) is 25.7 Å². The van der Waals surface area contributed by atoms with Crippen LogP contribution in [0.15, 0.2) is 12.1 Å². The van der Waals surface area contributed by atoms with Crippen LogP contribution in [0.1, 0.15) is 39.5 Å². The molecular weight excluding hydrogens is 336 g/mol. The molecule has 1 fully saturated rings. The molecule has 1 saturated carbocycles. The largest absolute Gasteiger partial charge is 0.493 e. The summed E-state index contributed by atoms with van der Waals surface area (Å²) in [6, 6.07) is 3.42. The number of amides is 2. The Morgan fingerprint density at radius 1 is 0.962 bits per heavy atom. The van der Waals surface area contributed by atoms with E-state index in [2.05, 4.69) is 10.6 Å². The number of methoxy groups -OCH3 is 3. The predicted molar refractivity (Wildman–Crippen MR) is 98.9 cm³/mol. The van der Waals surface area contributed by atoms with Crippen molar-refractivity contribution in [3.8, 4) is 17.2 Å². The van der Waals surface area contributed by atoms with Crippen LogP contribution in [-0.2, 0) is 9.59 Å². The third kappa shape index (κ3) is 4.20. The van der Waals surface area contributed by atoms with E-state index in [1.807, 2.05) is 0 Å². The topological polar surface area (TPSA) is 85.9 Å². The van der Waals surface area contributed by atoms with Crippen LogP contribution in [0.5, 0.6) is 17.2 Å². The van der Waals surface area contributed by atoms with Gasteiger partial charge in [-0.1, -0.05) is 12.8 Å². The summed E-state index contributed by atoms with van der Waals surface area (Å²) in [6.45, 7) is 3.23. The van der Waals surface area contributed by atoms with E-state index in [1.54, 1.807) is 26.0 Å². The van der Waals surface area contributed by atoms with Gasteiger partial charge in [0.25, 0.3) is 0 Å². The van der Waals surface area contributed by atoms with Gasteiger partial charge in [0.05, 0.1) is 21.3 Å². The molecule has 2 rings (SSSR count). The molecule has 0 spiro atoms. The first-order chi connectivity index (χ1) is 12.3. The lowest BCUT2D eigenvalue weighted by Crippen LogP contribution is -2.47. The fourth-order valence-electron chi connectivity index (χ4n) is 2.98. The smallest absolute Gasteiger partial charge is 0.239 e. The van der Waals surface area contributed by atoms with Crippen molar-refractivity contribution in [3.05, 3.63) is 12.1 Å². The van der Waals surface area contributed by atoms with Crippen LogP contribution in [-0.4, -0.2) is 39.2 Å². The highest BCUT2D eigenvalue weighted by molar-refractivity contribution is 6.10. The van der Waals surface area contributed by atoms with E-state index in [0.29, 0.717) is 22.9 Å². The fourth-order valence-corrected chi connectivity index (χ4v) is 2.98. The highest BCUT2D eigenvalue weighted by Gasteiger charge is 2.37. The maximum absolute atomic E-state index is 12.7. The molecule has 1 aromatic rings. The van der Waals surface area contributed by atoms with Crippen molar-refractivity contribution >= 4 is 17.5 Å². The number of rotatable bonds is 7. The lowest BCUT2D eigenvalue weighted by Gasteiger charge is -2.25. The Morgan fingerprint density at radius 2 is 1.50 bits per heavy atom. The summed E-state index contributed by atoms with van der Waals surface area (Å²) in [5, 5.41) is 5.75. The number of hydrogen-bond donors (Lipinski definition) is 2. The van der Waals surface area contributed by atoms with Gasteiger partial charge < -0.3 is 24.8 Å². The van der Waals surface area contributed by atoms with Gasteiger partial charge in [-0.2, -0.15) is 0 Å². The quantitative estimate of drug-likeness (QED) is 0.727. The molecule has 144 valence electrons. The van der Waals surface area contributed by atoms with Crippen molar-refractivity contribution in [2.24, 2.45) is 5.41 Å². The predicted octanol–water partition coefficient (Wildman–Crippen LogP) is 2.74. The minimum atomic E-state index is -1.21. The Bertz CT molecular complexity index is 641. The van der Waals surface area contributed by atoms with Crippen molar-refractivity contribution in [2.75, 3.05) is 26.6 Å². The summed E-state index contributed by atoms with van der Waals surface area (Å²) in [4.78, 5) is 25.3. The lowest BCUT2D eigenvalue weighted by molar-refractivity contribution is -0.138. The molecule has 1 aliphatic carbocycles. The molecule has 0 unspecified atom stereocenters. The highest BCUT2D eigenvalue weighted by Crippen LogP contribution is 2.40. The maximum Gasteiger partial charge on any atom is 0.239 e. The van der Waals surface area contributed by atoms with Crippen molar-refractivity contribution in [2.45, 2.75) is 45.6 Å². The standard InChI is InChI=1S/C19H28N2O5/c1-19(2,17(22)20-12-8-6-7-9-12)18(23)21-13-10-14(24-3)16(26-5)15(11-13)25-4/h10-12H,6-9H2,1-5H3,(H,20,22)(H,21,23). The molecule has 0 aliphatic heterocycles. The summed E-state index contributed by atoms with van der Waals surface area (Å²) in [7, 11) is 4.51. The number of hydrogen-bond acceptors (Lipinski definition) is 5. The van der Waals surface area contributed by atoms with Gasteiger partial charge >= 0.3 is 0 Å². The monoisotopic (exact) mass is 364 g/mol. The molecule has 7 nitrogen and oxygen atoms in total. The number of carbonyl (C=O) groups is 2. The first-order valence-corrected chi connectivity index (χ1v) is 8.76. The Hall–Kier alpha value is -2.44. The minimum Gasteiger partial charge on any atom is -0.493 e. The van der Waals surface area contributed by atoms with Gasteiger partial charge in [-0.15, -0.1) is 0 Å². The van der Waals surface area contributed by atoms with Gasteiger partial charge in [-0.3, -0.25) is 9.59 Å². The molecule has 0 atom stereocenters. The van der Waals surface area contributed by atoms with Crippen LogP contribution < -0.4 is 24.8 Å². The van der Waals surface area contributed by atoms with E-state index < -0.39 is 11.3 Å². The Balaban J connectivity index is 2.15. The molecule has 1 aromatic carbocycles. The normalized spacial score (nSPS) is 14.7. The molecular formula is C19H28N2O5. The van der Waals surface area contributed by atoms with Crippen LogP contribution in [0, 0.1) is 5.41 Å². The summed E-state index contributed by atoms with van der Waals surface area (Å²) in [6.07, 6.45) is 4.17. The Labute approximate surface area is 154 Å². The van der Waals surface area contributed by atoms with Crippen LogP contribution in [0.3, 0.4) is 0 Å². The zero-order valence-corrected chi connectivity index (χ0v) is 16.1. The van der Waals surface area contributed by atoms with Gasteiger partial charge in [0, 0.05) is 23.9 Å². The second kappa shape index (κ2) is 8.29. The number of ether oxygens (including phenoxy) is 3. The van der Waals surface area contributed by atoms with Gasteiger partial charge in [-0.05, 0) is 26.7 Å². The van der Waals surface area contributed by atoms with Crippen LogP contribution in [0.25, 0.3) is 0 Å². The third-order valence-corrected chi connectivity index (χ3v) is 4.75. The average molecular weight is 364 g/mol. The van der Waals surface area contributed by atoms with E-state index >= 15 is 0 Å². The molecule has 0 aromatic heterocycles. The Kier molecular flexibility index (Phi) is 6.34. The van der Waals surface area contributed by atoms with Crippen molar-refractivity contribution in [1.29, 1.82) is 0 Å². The zero-order chi connectivity index (χ0) is 19.3. The molecule has 0 saturated heterocycles. The lowest BCUT2D eigenvalue weighted by atomic mass is 9.90. The van der Waals surface area contributed by atoms with Gasteiger partial charge in [0.1, 0.15) is 5.41 Å². The second-order valence-electron chi connectivity index (χ2n) is 6.95. The average Bonchev–Trinajstić information content (AvgIpc) is 3.13. The van der Waals surface area contributed by atoms with E-state index in [4.69, 9.17) is 14.2 Å². The van der Waals surface area contributed by atoms with E-state index in [9.17, 15) is 9.59 Å². The fraction of sp³-hybridized carbons (Fsp3) is 0.579. The molecule has 1 aliphatic rings. The SMILES string of the molecule is COc1cc(NC(=O)C(C)(C)C(=O)NC2CCCC2)cc(OC)c1OC. The molecule has 0 bridgehead atoms. The minimum absolute atomic E-state index is 0.163. The number of anilines is 1. The maximum atomic E-state index is 12.7. The molecule has 26 heavy (non-hydrogen) atoms. The molecule has 0 heterocycles. The molecule has 7 heteroatoms.